The van der Waals surface area contributed by atoms with Gasteiger partial charge in [0.25, 0.3) is 0 Å². The first kappa shape index (κ1) is 9.86. The zero-order valence-electron chi connectivity index (χ0n) is 8.11. The third kappa shape index (κ3) is 2.22. The molecule has 0 radical (unpaired) electrons. The standard InChI is InChI=1S/C10H9ClN4/c1-6-13-4-8(5-14-6)7-2-9(11)15-10(12)3-7/h2-5H,1H3,(H2,12,15). The molecular formula is C10H9ClN4. The minimum Gasteiger partial charge on any atom is -0.384 e. The van der Waals surface area contributed by atoms with Crippen molar-refractivity contribution in [3.8, 4) is 11.1 Å². The van der Waals surface area contributed by atoms with Crippen molar-refractivity contribution in [1.82, 2.24) is 15.0 Å². The molecule has 5 heteroatoms. The number of hydrogen-bond donors (Lipinski definition) is 1. The summed E-state index contributed by atoms with van der Waals surface area (Å²) >= 11 is 5.80. The second-order valence-corrected chi connectivity index (χ2v) is 3.51. The quantitative estimate of drug-likeness (QED) is 0.748. The zero-order chi connectivity index (χ0) is 10.8. The molecule has 0 saturated carbocycles. The molecule has 2 rings (SSSR count). The van der Waals surface area contributed by atoms with E-state index >= 15 is 0 Å². The molecule has 2 heterocycles. The Morgan fingerprint density at radius 3 is 2.40 bits per heavy atom. The molecule has 0 spiro atoms. The van der Waals surface area contributed by atoms with Gasteiger partial charge in [0.05, 0.1) is 0 Å². The molecule has 15 heavy (non-hydrogen) atoms. The van der Waals surface area contributed by atoms with Gasteiger partial charge >= 0.3 is 0 Å². The van der Waals surface area contributed by atoms with Crippen molar-refractivity contribution in [2.75, 3.05) is 5.73 Å². The molecular weight excluding hydrogens is 212 g/mol. The fourth-order valence-electron chi connectivity index (χ4n) is 1.23. The van der Waals surface area contributed by atoms with Gasteiger partial charge in [0.15, 0.2) is 0 Å². The average molecular weight is 221 g/mol. The lowest BCUT2D eigenvalue weighted by atomic mass is 10.1. The van der Waals surface area contributed by atoms with Crippen LogP contribution in [0.4, 0.5) is 5.82 Å². The second-order valence-electron chi connectivity index (χ2n) is 3.12. The number of rotatable bonds is 1. The molecule has 0 fully saturated rings. The Balaban J connectivity index is 2.49. The third-order valence-electron chi connectivity index (χ3n) is 1.93. The Bertz CT molecular complexity index is 461. The molecule has 0 aliphatic heterocycles. The molecule has 0 amide bonds. The van der Waals surface area contributed by atoms with E-state index in [9.17, 15) is 0 Å². The number of aryl methyl sites for hydroxylation is 1. The molecule has 0 aromatic carbocycles. The predicted molar refractivity (Wildman–Crippen MR) is 59.4 cm³/mol. The van der Waals surface area contributed by atoms with Gasteiger partial charge in [0.1, 0.15) is 16.8 Å². The summed E-state index contributed by atoms with van der Waals surface area (Å²) in [4.78, 5) is 12.1. The van der Waals surface area contributed by atoms with Gasteiger partial charge in [-0.2, -0.15) is 0 Å². The van der Waals surface area contributed by atoms with Gasteiger partial charge in [-0.1, -0.05) is 11.6 Å². The van der Waals surface area contributed by atoms with Crippen molar-refractivity contribution in [1.29, 1.82) is 0 Å². The first-order valence-corrected chi connectivity index (χ1v) is 4.75. The molecule has 2 aromatic rings. The molecule has 0 unspecified atom stereocenters. The van der Waals surface area contributed by atoms with Crippen LogP contribution >= 0.6 is 11.6 Å². The number of halogens is 1. The highest BCUT2D eigenvalue weighted by molar-refractivity contribution is 6.29. The fourth-order valence-corrected chi connectivity index (χ4v) is 1.44. The van der Waals surface area contributed by atoms with E-state index in [0.29, 0.717) is 11.0 Å². The Hall–Kier alpha value is -1.68. The van der Waals surface area contributed by atoms with E-state index in [1.165, 1.54) is 0 Å². The number of anilines is 1. The van der Waals surface area contributed by atoms with Crippen LogP contribution in [0, 0.1) is 6.92 Å². The Labute approximate surface area is 92.2 Å². The molecule has 2 aromatic heterocycles. The first-order valence-electron chi connectivity index (χ1n) is 4.37. The fraction of sp³-hybridized carbons (Fsp3) is 0.100. The van der Waals surface area contributed by atoms with Gasteiger partial charge in [-0.3, -0.25) is 0 Å². The maximum atomic E-state index is 5.80. The van der Waals surface area contributed by atoms with Gasteiger partial charge in [-0.25, -0.2) is 15.0 Å². The van der Waals surface area contributed by atoms with Crippen LogP contribution in [-0.2, 0) is 0 Å². The van der Waals surface area contributed by atoms with E-state index in [1.54, 1.807) is 24.5 Å². The van der Waals surface area contributed by atoms with Crippen LogP contribution in [0.3, 0.4) is 0 Å². The van der Waals surface area contributed by atoms with Crippen LogP contribution in [0.1, 0.15) is 5.82 Å². The van der Waals surface area contributed by atoms with E-state index < -0.39 is 0 Å². The summed E-state index contributed by atoms with van der Waals surface area (Å²) in [5.74, 6) is 1.12. The minimum absolute atomic E-state index is 0.366. The topological polar surface area (TPSA) is 64.7 Å². The maximum absolute atomic E-state index is 5.80. The van der Waals surface area contributed by atoms with Gasteiger partial charge < -0.3 is 5.73 Å². The summed E-state index contributed by atoms with van der Waals surface area (Å²) in [6.07, 6.45) is 3.46. The van der Waals surface area contributed by atoms with Crippen molar-refractivity contribution in [2.24, 2.45) is 0 Å². The molecule has 0 aliphatic carbocycles. The highest BCUT2D eigenvalue weighted by atomic mass is 35.5. The van der Waals surface area contributed by atoms with Crippen LogP contribution in [-0.4, -0.2) is 15.0 Å². The van der Waals surface area contributed by atoms with Crippen molar-refractivity contribution in [3.63, 3.8) is 0 Å². The van der Waals surface area contributed by atoms with E-state index in [2.05, 4.69) is 15.0 Å². The summed E-state index contributed by atoms with van der Waals surface area (Å²) in [7, 11) is 0. The van der Waals surface area contributed by atoms with Gasteiger partial charge in [-0.15, -0.1) is 0 Å². The van der Waals surface area contributed by atoms with Crippen LogP contribution in [0.15, 0.2) is 24.5 Å². The molecule has 4 nitrogen and oxygen atoms in total. The van der Waals surface area contributed by atoms with Crippen LogP contribution in [0.5, 0.6) is 0 Å². The monoisotopic (exact) mass is 220 g/mol. The summed E-state index contributed by atoms with van der Waals surface area (Å²) in [6.45, 7) is 1.83. The molecule has 0 aliphatic rings. The predicted octanol–water partition coefficient (Wildman–Crippen LogP) is 2.08. The van der Waals surface area contributed by atoms with E-state index in [-0.39, 0.29) is 0 Å². The number of nitrogen functional groups attached to an aromatic ring is 1. The van der Waals surface area contributed by atoms with E-state index in [0.717, 1.165) is 17.0 Å². The van der Waals surface area contributed by atoms with Crippen molar-refractivity contribution >= 4 is 17.4 Å². The number of nitrogens with zero attached hydrogens (tertiary/aromatic N) is 3. The van der Waals surface area contributed by atoms with Gasteiger partial charge in [-0.05, 0) is 24.6 Å². The normalized spacial score (nSPS) is 10.3. The largest absolute Gasteiger partial charge is 0.384 e. The lowest BCUT2D eigenvalue weighted by molar-refractivity contribution is 1.06. The highest BCUT2D eigenvalue weighted by Crippen LogP contribution is 2.22. The highest BCUT2D eigenvalue weighted by Gasteiger charge is 2.02. The molecule has 0 saturated heterocycles. The summed E-state index contributed by atoms with van der Waals surface area (Å²) in [6, 6.07) is 3.46. The van der Waals surface area contributed by atoms with Crippen LogP contribution in [0.25, 0.3) is 11.1 Å². The Kier molecular flexibility index (Phi) is 2.51. The molecule has 0 bridgehead atoms. The third-order valence-corrected chi connectivity index (χ3v) is 2.12. The summed E-state index contributed by atoms with van der Waals surface area (Å²) < 4.78 is 0. The van der Waals surface area contributed by atoms with Gasteiger partial charge in [0.2, 0.25) is 0 Å². The van der Waals surface area contributed by atoms with Crippen molar-refractivity contribution < 1.29 is 0 Å². The molecule has 76 valence electrons. The van der Waals surface area contributed by atoms with Crippen LogP contribution < -0.4 is 5.73 Å². The van der Waals surface area contributed by atoms with Crippen LogP contribution in [0.2, 0.25) is 5.15 Å². The SMILES string of the molecule is Cc1ncc(-c2cc(N)nc(Cl)c2)cn1. The maximum Gasteiger partial charge on any atom is 0.132 e. The molecule has 0 atom stereocenters. The lowest BCUT2D eigenvalue weighted by Gasteiger charge is -2.02. The number of aromatic nitrogens is 3. The first-order chi connectivity index (χ1) is 7.15. The van der Waals surface area contributed by atoms with E-state index in [1.807, 2.05) is 6.92 Å². The zero-order valence-corrected chi connectivity index (χ0v) is 8.86. The molecule has 2 N–H and O–H groups in total. The average Bonchev–Trinajstić information content (AvgIpc) is 2.17. The lowest BCUT2D eigenvalue weighted by Crippen LogP contribution is -1.92. The van der Waals surface area contributed by atoms with Gasteiger partial charge in [0, 0.05) is 18.0 Å². The smallest absolute Gasteiger partial charge is 0.132 e. The Morgan fingerprint density at radius 2 is 1.80 bits per heavy atom. The summed E-state index contributed by atoms with van der Waals surface area (Å²) in [5.41, 5.74) is 7.33. The summed E-state index contributed by atoms with van der Waals surface area (Å²) in [5, 5.41) is 0.366. The second kappa shape index (κ2) is 3.82. The van der Waals surface area contributed by atoms with E-state index in [4.69, 9.17) is 17.3 Å². The van der Waals surface area contributed by atoms with Crippen molar-refractivity contribution in [3.05, 3.63) is 35.5 Å². The Morgan fingerprint density at radius 1 is 1.13 bits per heavy atom. The number of pyridine rings is 1. The number of hydrogen-bond acceptors (Lipinski definition) is 4. The minimum atomic E-state index is 0.366. The number of nitrogens with two attached hydrogens (primary N) is 1. The van der Waals surface area contributed by atoms with Crippen molar-refractivity contribution in [2.45, 2.75) is 6.92 Å².